The van der Waals surface area contributed by atoms with E-state index in [2.05, 4.69) is 10.3 Å². The van der Waals surface area contributed by atoms with Crippen molar-refractivity contribution in [3.63, 3.8) is 0 Å². The van der Waals surface area contributed by atoms with Gasteiger partial charge in [0, 0.05) is 37.9 Å². The summed E-state index contributed by atoms with van der Waals surface area (Å²) in [5, 5.41) is 2.92. The maximum Gasteiger partial charge on any atom is 0.227 e. The SMILES string of the molecule is Cc1ccc(N2C[C@H](C(=O)N[C@H](C)Cn3ccnc3)CC2=O)c(F)c1. The van der Waals surface area contributed by atoms with Gasteiger partial charge in [0.15, 0.2) is 0 Å². The molecule has 0 unspecified atom stereocenters. The smallest absolute Gasteiger partial charge is 0.227 e. The highest BCUT2D eigenvalue weighted by molar-refractivity contribution is 6.00. The molecule has 0 radical (unpaired) electrons. The number of carbonyl (C=O) groups is 2. The lowest BCUT2D eigenvalue weighted by Gasteiger charge is -2.19. The van der Waals surface area contributed by atoms with Crippen LogP contribution < -0.4 is 10.2 Å². The van der Waals surface area contributed by atoms with E-state index in [9.17, 15) is 14.0 Å². The first kappa shape index (κ1) is 17.1. The zero-order chi connectivity index (χ0) is 18.0. The van der Waals surface area contributed by atoms with Crippen molar-refractivity contribution >= 4 is 17.5 Å². The fourth-order valence-corrected chi connectivity index (χ4v) is 3.06. The van der Waals surface area contributed by atoms with Crippen LogP contribution in [0.15, 0.2) is 36.9 Å². The predicted octanol–water partition coefficient (Wildman–Crippen LogP) is 1.89. The molecule has 1 N–H and O–H groups in total. The van der Waals surface area contributed by atoms with Crippen LogP contribution in [0.3, 0.4) is 0 Å². The van der Waals surface area contributed by atoms with Crippen LogP contribution in [0.2, 0.25) is 0 Å². The zero-order valence-electron chi connectivity index (χ0n) is 14.3. The number of hydrogen-bond donors (Lipinski definition) is 1. The van der Waals surface area contributed by atoms with E-state index in [0.717, 1.165) is 5.56 Å². The molecule has 132 valence electrons. The number of aromatic nitrogens is 2. The molecule has 0 aliphatic carbocycles. The normalized spacial score (nSPS) is 18.4. The van der Waals surface area contributed by atoms with E-state index in [1.165, 1.54) is 11.0 Å². The zero-order valence-corrected chi connectivity index (χ0v) is 14.3. The molecule has 3 rings (SSSR count). The van der Waals surface area contributed by atoms with Crippen LogP contribution in [0.5, 0.6) is 0 Å². The Hall–Kier alpha value is -2.70. The molecule has 25 heavy (non-hydrogen) atoms. The van der Waals surface area contributed by atoms with Crippen LogP contribution in [0, 0.1) is 18.7 Å². The van der Waals surface area contributed by atoms with Crippen LogP contribution in [-0.4, -0.2) is 34.0 Å². The summed E-state index contributed by atoms with van der Waals surface area (Å²) in [6.45, 7) is 4.48. The van der Waals surface area contributed by atoms with Gasteiger partial charge < -0.3 is 14.8 Å². The van der Waals surface area contributed by atoms with Gasteiger partial charge in [-0.2, -0.15) is 0 Å². The number of anilines is 1. The van der Waals surface area contributed by atoms with Crippen molar-refractivity contribution < 1.29 is 14.0 Å². The van der Waals surface area contributed by atoms with E-state index in [0.29, 0.717) is 6.54 Å². The van der Waals surface area contributed by atoms with Gasteiger partial charge in [0.25, 0.3) is 0 Å². The molecule has 2 aromatic rings. The first-order valence-electron chi connectivity index (χ1n) is 8.26. The molecule has 2 atom stereocenters. The molecule has 0 spiro atoms. The molecule has 2 heterocycles. The number of aryl methyl sites for hydroxylation is 1. The summed E-state index contributed by atoms with van der Waals surface area (Å²) in [4.78, 5) is 30.0. The molecule has 1 aliphatic rings. The maximum atomic E-state index is 14.1. The lowest BCUT2D eigenvalue weighted by atomic mass is 10.1. The van der Waals surface area contributed by atoms with Crippen LogP contribution >= 0.6 is 0 Å². The second-order valence-electron chi connectivity index (χ2n) is 6.53. The van der Waals surface area contributed by atoms with E-state index < -0.39 is 11.7 Å². The van der Waals surface area contributed by atoms with Gasteiger partial charge in [0.05, 0.1) is 17.9 Å². The van der Waals surface area contributed by atoms with Crippen molar-refractivity contribution in [3.05, 3.63) is 48.3 Å². The standard InChI is InChI=1S/C18H21FN4O2/c1-12-3-4-16(15(19)7-12)23-10-14(8-17(23)24)18(25)21-13(2)9-22-6-5-20-11-22/h3-7,11,13-14H,8-10H2,1-2H3,(H,21,25)/t13-,14-/m1/s1. The summed E-state index contributed by atoms with van der Waals surface area (Å²) in [5.74, 6) is -1.33. The number of nitrogens with one attached hydrogen (secondary N) is 1. The number of imidazole rings is 1. The highest BCUT2D eigenvalue weighted by Crippen LogP contribution is 2.28. The van der Waals surface area contributed by atoms with E-state index >= 15 is 0 Å². The fourth-order valence-electron chi connectivity index (χ4n) is 3.06. The Kier molecular flexibility index (Phi) is 4.83. The second kappa shape index (κ2) is 7.04. The Bertz CT molecular complexity index is 775. The van der Waals surface area contributed by atoms with Gasteiger partial charge in [0.2, 0.25) is 11.8 Å². The van der Waals surface area contributed by atoms with Gasteiger partial charge >= 0.3 is 0 Å². The highest BCUT2D eigenvalue weighted by atomic mass is 19.1. The van der Waals surface area contributed by atoms with Crippen LogP contribution in [0.1, 0.15) is 18.9 Å². The van der Waals surface area contributed by atoms with Crippen molar-refractivity contribution in [2.75, 3.05) is 11.4 Å². The third-order valence-corrected chi connectivity index (χ3v) is 4.32. The minimum absolute atomic E-state index is 0.0942. The summed E-state index contributed by atoms with van der Waals surface area (Å²) < 4.78 is 16.0. The number of nitrogens with zero attached hydrogens (tertiary/aromatic N) is 3. The molecule has 1 saturated heterocycles. The number of benzene rings is 1. The monoisotopic (exact) mass is 344 g/mol. The maximum absolute atomic E-state index is 14.1. The first-order chi connectivity index (χ1) is 11.9. The van der Waals surface area contributed by atoms with E-state index in [4.69, 9.17) is 0 Å². The quantitative estimate of drug-likeness (QED) is 0.901. The van der Waals surface area contributed by atoms with Gasteiger partial charge in [-0.15, -0.1) is 0 Å². The third-order valence-electron chi connectivity index (χ3n) is 4.32. The Labute approximate surface area is 145 Å². The van der Waals surface area contributed by atoms with E-state index in [-0.39, 0.29) is 36.5 Å². The molecule has 0 bridgehead atoms. The number of amides is 2. The molecule has 1 fully saturated rings. The summed E-state index contributed by atoms with van der Waals surface area (Å²) in [5.41, 5.74) is 1.02. The molecular weight excluding hydrogens is 323 g/mol. The van der Waals surface area contributed by atoms with E-state index in [1.807, 2.05) is 17.7 Å². The van der Waals surface area contributed by atoms with Crippen molar-refractivity contribution in [1.29, 1.82) is 0 Å². The van der Waals surface area contributed by atoms with Gasteiger partial charge in [-0.3, -0.25) is 9.59 Å². The van der Waals surface area contributed by atoms with Crippen molar-refractivity contribution in [2.24, 2.45) is 5.92 Å². The highest BCUT2D eigenvalue weighted by Gasteiger charge is 2.36. The summed E-state index contributed by atoms with van der Waals surface area (Å²) in [7, 11) is 0. The predicted molar refractivity (Wildman–Crippen MR) is 91.4 cm³/mol. The van der Waals surface area contributed by atoms with Gasteiger partial charge in [0.1, 0.15) is 5.82 Å². The molecule has 0 saturated carbocycles. The molecule has 1 aliphatic heterocycles. The minimum atomic E-state index is -0.474. The number of rotatable bonds is 5. The van der Waals surface area contributed by atoms with Crippen molar-refractivity contribution in [2.45, 2.75) is 32.9 Å². The van der Waals surface area contributed by atoms with Crippen molar-refractivity contribution in [3.8, 4) is 0 Å². The molecular formula is C18H21FN4O2. The van der Waals surface area contributed by atoms with Gasteiger partial charge in [-0.25, -0.2) is 9.37 Å². The van der Waals surface area contributed by atoms with Gasteiger partial charge in [-0.05, 0) is 31.5 Å². The van der Waals surface area contributed by atoms with Gasteiger partial charge in [-0.1, -0.05) is 6.07 Å². The Morgan fingerprint density at radius 1 is 1.48 bits per heavy atom. The summed E-state index contributed by atoms with van der Waals surface area (Å²) >= 11 is 0. The molecule has 1 aromatic carbocycles. The Morgan fingerprint density at radius 2 is 2.28 bits per heavy atom. The second-order valence-corrected chi connectivity index (χ2v) is 6.53. The van der Waals surface area contributed by atoms with Crippen LogP contribution in [-0.2, 0) is 16.1 Å². The average Bonchev–Trinajstić information content (AvgIpc) is 3.17. The minimum Gasteiger partial charge on any atom is -0.352 e. The third kappa shape index (κ3) is 3.87. The largest absolute Gasteiger partial charge is 0.352 e. The number of halogens is 1. The van der Waals surface area contributed by atoms with Crippen LogP contribution in [0.4, 0.5) is 10.1 Å². The molecule has 6 nitrogen and oxygen atoms in total. The molecule has 7 heteroatoms. The van der Waals surface area contributed by atoms with E-state index in [1.54, 1.807) is 31.6 Å². The fraction of sp³-hybridized carbons (Fsp3) is 0.389. The lowest BCUT2D eigenvalue weighted by Crippen LogP contribution is -2.40. The summed E-state index contributed by atoms with van der Waals surface area (Å²) in [6.07, 6.45) is 5.28. The first-order valence-corrected chi connectivity index (χ1v) is 8.26. The average molecular weight is 344 g/mol. The lowest BCUT2D eigenvalue weighted by molar-refractivity contribution is -0.126. The number of hydrogen-bond acceptors (Lipinski definition) is 3. The Balaban J connectivity index is 1.62. The molecule has 1 aromatic heterocycles. The summed E-state index contributed by atoms with van der Waals surface area (Å²) in [6, 6.07) is 4.64. The van der Waals surface area contributed by atoms with Crippen molar-refractivity contribution in [1.82, 2.24) is 14.9 Å². The Morgan fingerprint density at radius 3 is 2.96 bits per heavy atom. The topological polar surface area (TPSA) is 67.2 Å². The molecule has 2 amide bonds. The van der Waals surface area contributed by atoms with Crippen LogP contribution in [0.25, 0.3) is 0 Å². The number of carbonyl (C=O) groups excluding carboxylic acids is 2.